The molecule has 0 radical (unpaired) electrons. The number of aromatic nitrogens is 1. The first-order valence-electron chi connectivity index (χ1n) is 8.33. The summed E-state index contributed by atoms with van der Waals surface area (Å²) in [5.74, 6) is -1.73. The second kappa shape index (κ2) is 7.69. The number of pyridine rings is 1. The molecule has 28 heavy (non-hydrogen) atoms. The summed E-state index contributed by atoms with van der Waals surface area (Å²) in [6, 6.07) is 17.3. The number of rotatable bonds is 5. The lowest BCUT2D eigenvalue weighted by atomic mass is 9.99. The Balaban J connectivity index is 2.01. The Bertz CT molecular complexity index is 1180. The lowest BCUT2D eigenvalue weighted by Gasteiger charge is -2.13. The fourth-order valence-corrected chi connectivity index (χ4v) is 3.29. The van der Waals surface area contributed by atoms with Crippen LogP contribution in [0.2, 0.25) is 0 Å². The van der Waals surface area contributed by atoms with Crippen LogP contribution in [-0.2, 0) is 16.6 Å². The quantitative estimate of drug-likeness (QED) is 0.683. The first-order valence-corrected chi connectivity index (χ1v) is 10.2. The number of sulfonamides is 1. The van der Waals surface area contributed by atoms with E-state index in [0.717, 1.165) is 22.9 Å². The second-order valence-corrected chi connectivity index (χ2v) is 8.03. The van der Waals surface area contributed by atoms with Crippen LogP contribution in [0.4, 0.5) is 0 Å². The van der Waals surface area contributed by atoms with Gasteiger partial charge in [-0.25, -0.2) is 13.1 Å². The second-order valence-electron chi connectivity index (χ2n) is 6.29. The molecule has 7 nitrogen and oxygen atoms in total. The van der Waals surface area contributed by atoms with E-state index in [2.05, 4.69) is 0 Å². The summed E-state index contributed by atoms with van der Waals surface area (Å²) in [5.41, 5.74) is 1.46. The van der Waals surface area contributed by atoms with Gasteiger partial charge in [0.25, 0.3) is 5.91 Å². The molecule has 0 saturated carbocycles. The summed E-state index contributed by atoms with van der Waals surface area (Å²) in [4.78, 5) is 24.2. The molecule has 144 valence electrons. The molecule has 2 aromatic carbocycles. The molecule has 1 amide bonds. The summed E-state index contributed by atoms with van der Waals surface area (Å²) in [5, 5.41) is 9.93. The Kier molecular flexibility index (Phi) is 5.32. The molecule has 2 N–H and O–H groups in total. The van der Waals surface area contributed by atoms with Gasteiger partial charge in [-0.15, -0.1) is 0 Å². The SMILES string of the molecule is CS(=O)(=O)NC(=O)c1cn(Cc2ccccc2-c2ccccc2)cc(O)c1=O. The molecule has 0 atom stereocenters. The highest BCUT2D eigenvalue weighted by Gasteiger charge is 2.18. The molecular formula is C20H18N2O5S. The molecule has 0 saturated heterocycles. The van der Waals surface area contributed by atoms with Gasteiger partial charge in [-0.05, 0) is 16.7 Å². The van der Waals surface area contributed by atoms with E-state index in [9.17, 15) is 23.1 Å². The Morgan fingerprint density at radius 2 is 1.68 bits per heavy atom. The van der Waals surface area contributed by atoms with E-state index in [-0.39, 0.29) is 6.54 Å². The topological polar surface area (TPSA) is 105 Å². The minimum Gasteiger partial charge on any atom is -0.503 e. The maximum Gasteiger partial charge on any atom is 0.270 e. The van der Waals surface area contributed by atoms with Crippen molar-refractivity contribution < 1.29 is 18.3 Å². The van der Waals surface area contributed by atoms with E-state index in [1.165, 1.54) is 17.0 Å². The van der Waals surface area contributed by atoms with Gasteiger partial charge in [0.2, 0.25) is 15.5 Å². The van der Waals surface area contributed by atoms with Gasteiger partial charge in [0.15, 0.2) is 5.75 Å². The maximum atomic E-state index is 12.1. The molecule has 0 spiro atoms. The van der Waals surface area contributed by atoms with Gasteiger partial charge in [0.1, 0.15) is 5.56 Å². The van der Waals surface area contributed by atoms with Gasteiger partial charge in [-0.2, -0.15) is 0 Å². The summed E-state index contributed by atoms with van der Waals surface area (Å²) in [6.45, 7) is 0.262. The Morgan fingerprint density at radius 1 is 1.04 bits per heavy atom. The van der Waals surface area contributed by atoms with Crippen molar-refractivity contribution in [3.63, 3.8) is 0 Å². The molecule has 8 heteroatoms. The normalized spacial score (nSPS) is 11.2. The standard InChI is InChI=1S/C20H18N2O5S/c1-28(26,27)21-20(25)17-12-22(13-18(23)19(17)24)11-15-9-5-6-10-16(15)14-7-3-2-4-8-14/h2-10,12-13,23H,11H2,1H3,(H,21,25). The minimum absolute atomic E-state index is 0.262. The van der Waals surface area contributed by atoms with Crippen molar-refractivity contribution in [1.82, 2.24) is 9.29 Å². The average Bonchev–Trinajstić information content (AvgIpc) is 2.64. The molecule has 0 fully saturated rings. The Hall–Kier alpha value is -3.39. The van der Waals surface area contributed by atoms with Crippen LogP contribution in [0, 0.1) is 0 Å². The number of amides is 1. The van der Waals surface area contributed by atoms with Crippen LogP contribution in [0.15, 0.2) is 71.8 Å². The van der Waals surface area contributed by atoms with Crippen LogP contribution in [0.3, 0.4) is 0 Å². The zero-order valence-corrected chi connectivity index (χ0v) is 15.8. The summed E-state index contributed by atoms with van der Waals surface area (Å²) in [6.07, 6.45) is 3.24. The molecule has 3 rings (SSSR count). The predicted molar refractivity (Wildman–Crippen MR) is 106 cm³/mol. The number of carbonyl (C=O) groups excluding carboxylic acids is 1. The van der Waals surface area contributed by atoms with E-state index in [0.29, 0.717) is 0 Å². The monoisotopic (exact) mass is 398 g/mol. The van der Waals surface area contributed by atoms with Crippen molar-refractivity contribution in [1.29, 1.82) is 0 Å². The largest absolute Gasteiger partial charge is 0.503 e. The minimum atomic E-state index is -3.84. The number of benzene rings is 2. The van der Waals surface area contributed by atoms with Gasteiger partial charge in [-0.1, -0.05) is 54.6 Å². The summed E-state index contributed by atoms with van der Waals surface area (Å²) < 4.78 is 25.8. The molecule has 3 aromatic rings. The molecule has 0 aliphatic carbocycles. The number of carbonyl (C=O) groups is 1. The van der Waals surface area contributed by atoms with Crippen molar-refractivity contribution in [3.05, 3.63) is 88.3 Å². The van der Waals surface area contributed by atoms with E-state index in [1.807, 2.05) is 54.6 Å². The molecule has 1 aromatic heterocycles. The van der Waals surface area contributed by atoms with Crippen LogP contribution >= 0.6 is 0 Å². The first-order chi connectivity index (χ1) is 13.2. The molecule has 0 aliphatic rings. The van der Waals surface area contributed by atoms with Crippen LogP contribution < -0.4 is 10.2 Å². The molecule has 0 aliphatic heterocycles. The predicted octanol–water partition coefficient (Wildman–Crippen LogP) is 1.96. The van der Waals surface area contributed by atoms with Crippen LogP contribution in [0.1, 0.15) is 15.9 Å². The molecule has 1 heterocycles. The lowest BCUT2D eigenvalue weighted by molar-refractivity contribution is 0.0979. The maximum absolute atomic E-state index is 12.1. The zero-order valence-electron chi connectivity index (χ0n) is 15.0. The van der Waals surface area contributed by atoms with E-state index in [1.54, 1.807) is 4.72 Å². The highest BCUT2D eigenvalue weighted by molar-refractivity contribution is 7.89. The van der Waals surface area contributed by atoms with Gasteiger partial charge in [0.05, 0.1) is 12.5 Å². The average molecular weight is 398 g/mol. The number of nitrogens with zero attached hydrogens (tertiary/aromatic N) is 1. The molecular weight excluding hydrogens is 380 g/mol. The third-order valence-electron chi connectivity index (χ3n) is 4.04. The summed E-state index contributed by atoms with van der Waals surface area (Å²) in [7, 11) is -3.84. The lowest BCUT2D eigenvalue weighted by Crippen LogP contribution is -2.33. The molecule has 0 unspecified atom stereocenters. The van der Waals surface area contributed by atoms with Gasteiger partial charge >= 0.3 is 0 Å². The fourth-order valence-electron chi connectivity index (χ4n) is 2.85. The van der Waals surface area contributed by atoms with E-state index >= 15 is 0 Å². The third kappa shape index (κ3) is 4.47. The van der Waals surface area contributed by atoms with Crippen LogP contribution in [0.5, 0.6) is 5.75 Å². The Morgan fingerprint density at radius 3 is 2.36 bits per heavy atom. The van der Waals surface area contributed by atoms with E-state index in [4.69, 9.17) is 0 Å². The zero-order chi connectivity index (χ0) is 20.3. The Labute approximate surface area is 161 Å². The number of aromatic hydroxyl groups is 1. The van der Waals surface area contributed by atoms with Crippen molar-refractivity contribution >= 4 is 15.9 Å². The van der Waals surface area contributed by atoms with Crippen LogP contribution in [0.25, 0.3) is 11.1 Å². The van der Waals surface area contributed by atoms with Crippen molar-refractivity contribution in [3.8, 4) is 16.9 Å². The van der Waals surface area contributed by atoms with E-state index < -0.39 is 32.7 Å². The fraction of sp³-hybridized carbons (Fsp3) is 0.100. The smallest absolute Gasteiger partial charge is 0.270 e. The number of hydrogen-bond donors (Lipinski definition) is 2. The number of hydrogen-bond acceptors (Lipinski definition) is 5. The van der Waals surface area contributed by atoms with Crippen LogP contribution in [-0.4, -0.2) is 30.3 Å². The number of nitrogens with one attached hydrogen (secondary N) is 1. The first kappa shape index (κ1) is 19.4. The highest BCUT2D eigenvalue weighted by Crippen LogP contribution is 2.24. The molecule has 0 bridgehead atoms. The van der Waals surface area contributed by atoms with Gasteiger partial charge < -0.3 is 9.67 Å². The highest BCUT2D eigenvalue weighted by atomic mass is 32.2. The van der Waals surface area contributed by atoms with Crippen molar-refractivity contribution in [2.45, 2.75) is 6.54 Å². The van der Waals surface area contributed by atoms with Gasteiger partial charge in [0, 0.05) is 12.7 Å². The van der Waals surface area contributed by atoms with Crippen molar-refractivity contribution in [2.75, 3.05) is 6.26 Å². The summed E-state index contributed by atoms with van der Waals surface area (Å²) >= 11 is 0. The van der Waals surface area contributed by atoms with Crippen molar-refractivity contribution in [2.24, 2.45) is 0 Å². The van der Waals surface area contributed by atoms with Gasteiger partial charge in [-0.3, -0.25) is 9.59 Å². The third-order valence-corrected chi connectivity index (χ3v) is 4.59.